The van der Waals surface area contributed by atoms with Gasteiger partial charge in [0, 0.05) is 19.3 Å². The summed E-state index contributed by atoms with van der Waals surface area (Å²) >= 11 is 0. The minimum absolute atomic E-state index is 0.202. The lowest BCUT2D eigenvalue weighted by Crippen LogP contribution is -2.26. The zero-order valence-corrected chi connectivity index (χ0v) is 13.1. The number of aromatic nitrogens is 1. The molecule has 0 saturated carbocycles. The predicted octanol–water partition coefficient (Wildman–Crippen LogP) is 2.85. The number of fused-ring (bicyclic) bond motifs is 1. The number of nitrogens with zero attached hydrogens (tertiary/aromatic N) is 1. The quantitative estimate of drug-likeness (QED) is 0.806. The Hall–Kier alpha value is -2.82. The van der Waals surface area contributed by atoms with Crippen molar-refractivity contribution in [2.75, 3.05) is 0 Å². The zero-order chi connectivity index (χ0) is 16.4. The number of aryl methyl sites for hydroxylation is 2. The first-order valence-corrected chi connectivity index (χ1v) is 7.56. The predicted molar refractivity (Wildman–Crippen MR) is 88.5 cm³/mol. The number of nitrogens with one attached hydrogen (secondary N) is 1. The molecule has 23 heavy (non-hydrogen) atoms. The second-order valence-corrected chi connectivity index (χ2v) is 5.35. The summed E-state index contributed by atoms with van der Waals surface area (Å²) < 4.78 is 7.14. The molecule has 0 spiro atoms. The second kappa shape index (κ2) is 6.12. The van der Waals surface area contributed by atoms with E-state index in [2.05, 4.69) is 5.32 Å². The maximum Gasteiger partial charge on any atom is 0.262 e. The topological polar surface area (TPSA) is 64.2 Å². The first kappa shape index (κ1) is 15.1. The van der Waals surface area contributed by atoms with E-state index in [4.69, 9.17) is 4.42 Å². The Kier molecular flexibility index (Phi) is 4.02. The highest BCUT2D eigenvalue weighted by molar-refractivity contribution is 6.06. The second-order valence-electron chi connectivity index (χ2n) is 5.35. The molecule has 5 nitrogen and oxygen atoms in total. The molecule has 5 heteroatoms. The summed E-state index contributed by atoms with van der Waals surface area (Å²) in [7, 11) is 0. The molecule has 1 amide bonds. The van der Waals surface area contributed by atoms with Crippen molar-refractivity contribution in [1.82, 2.24) is 9.88 Å². The van der Waals surface area contributed by atoms with Gasteiger partial charge in [-0.3, -0.25) is 9.59 Å². The Morgan fingerprint density at radius 1 is 1.22 bits per heavy atom. The molecule has 118 valence electrons. The lowest BCUT2D eigenvalue weighted by Gasteiger charge is -2.05. The molecule has 0 saturated heterocycles. The summed E-state index contributed by atoms with van der Waals surface area (Å²) in [6.45, 7) is 4.53. The molecule has 3 rings (SSSR count). The van der Waals surface area contributed by atoms with Crippen LogP contribution < -0.4 is 10.9 Å². The van der Waals surface area contributed by atoms with Crippen molar-refractivity contribution in [2.24, 2.45) is 0 Å². The molecular weight excluding hydrogens is 292 g/mol. The molecule has 2 aromatic heterocycles. The largest absolute Gasteiger partial charge is 0.460 e. The molecule has 0 unspecified atom stereocenters. The van der Waals surface area contributed by atoms with Crippen LogP contribution in [-0.4, -0.2) is 10.5 Å². The number of benzene rings is 1. The molecule has 0 radical (unpaired) electrons. The van der Waals surface area contributed by atoms with E-state index in [1.54, 1.807) is 23.8 Å². The third-order valence-electron chi connectivity index (χ3n) is 3.86. The fourth-order valence-electron chi connectivity index (χ4n) is 2.65. The first-order valence-electron chi connectivity index (χ1n) is 7.56. The van der Waals surface area contributed by atoms with E-state index in [1.807, 2.05) is 37.3 Å². The number of carbonyl (C=O) groups excluding carboxylic acids is 1. The third kappa shape index (κ3) is 2.77. The number of hydrogen-bond acceptors (Lipinski definition) is 3. The van der Waals surface area contributed by atoms with Crippen molar-refractivity contribution in [3.05, 3.63) is 69.8 Å². The Balaban J connectivity index is 1.97. The van der Waals surface area contributed by atoms with Gasteiger partial charge in [0.25, 0.3) is 11.5 Å². The first-order chi connectivity index (χ1) is 11.1. The summed E-state index contributed by atoms with van der Waals surface area (Å²) in [5.74, 6) is 0.160. The molecule has 0 bridgehead atoms. The molecule has 3 aromatic rings. The molecule has 1 aromatic carbocycles. The van der Waals surface area contributed by atoms with Gasteiger partial charge >= 0.3 is 0 Å². The number of rotatable bonds is 4. The van der Waals surface area contributed by atoms with Crippen LogP contribution in [0, 0.1) is 6.92 Å². The SMILES string of the molecule is CCn1ccc2oc(C)c(C(=O)NCc3ccccc3)c2c1=O. The van der Waals surface area contributed by atoms with Gasteiger partial charge in [0.1, 0.15) is 11.3 Å². The van der Waals surface area contributed by atoms with Crippen LogP contribution in [0.5, 0.6) is 0 Å². The van der Waals surface area contributed by atoms with Crippen LogP contribution >= 0.6 is 0 Å². The van der Waals surface area contributed by atoms with Gasteiger partial charge in [-0.15, -0.1) is 0 Å². The summed E-state index contributed by atoms with van der Waals surface area (Å²) in [5.41, 5.74) is 1.56. The van der Waals surface area contributed by atoms with Gasteiger partial charge in [-0.1, -0.05) is 30.3 Å². The van der Waals surface area contributed by atoms with Gasteiger partial charge in [0.15, 0.2) is 0 Å². The van der Waals surface area contributed by atoms with Crippen molar-refractivity contribution in [2.45, 2.75) is 26.9 Å². The normalized spacial score (nSPS) is 10.9. The molecule has 0 aliphatic heterocycles. The maximum absolute atomic E-state index is 12.5. The van der Waals surface area contributed by atoms with Crippen molar-refractivity contribution in [3.63, 3.8) is 0 Å². The van der Waals surface area contributed by atoms with Gasteiger partial charge in [0.2, 0.25) is 0 Å². The summed E-state index contributed by atoms with van der Waals surface area (Å²) in [6.07, 6.45) is 1.68. The number of pyridine rings is 1. The maximum atomic E-state index is 12.5. The monoisotopic (exact) mass is 310 g/mol. The summed E-state index contributed by atoms with van der Waals surface area (Å²) in [5, 5.41) is 3.20. The van der Waals surface area contributed by atoms with Gasteiger partial charge in [-0.25, -0.2) is 0 Å². The number of carbonyl (C=O) groups is 1. The lowest BCUT2D eigenvalue weighted by molar-refractivity contribution is 0.0950. The van der Waals surface area contributed by atoms with Crippen LogP contribution in [-0.2, 0) is 13.1 Å². The number of furan rings is 1. The van der Waals surface area contributed by atoms with Crippen molar-refractivity contribution in [1.29, 1.82) is 0 Å². The summed E-state index contributed by atoms with van der Waals surface area (Å²) in [6, 6.07) is 11.3. The molecule has 0 aliphatic carbocycles. The van der Waals surface area contributed by atoms with E-state index >= 15 is 0 Å². The highest BCUT2D eigenvalue weighted by atomic mass is 16.3. The minimum atomic E-state index is -0.295. The van der Waals surface area contributed by atoms with E-state index in [0.29, 0.717) is 35.4 Å². The highest BCUT2D eigenvalue weighted by Gasteiger charge is 2.21. The number of hydrogen-bond donors (Lipinski definition) is 1. The average molecular weight is 310 g/mol. The Morgan fingerprint density at radius 2 is 1.96 bits per heavy atom. The number of amides is 1. The Bertz CT molecular complexity index is 907. The molecule has 0 aliphatic rings. The minimum Gasteiger partial charge on any atom is -0.460 e. The smallest absolute Gasteiger partial charge is 0.262 e. The Labute approximate surface area is 133 Å². The average Bonchev–Trinajstić information content (AvgIpc) is 2.91. The van der Waals surface area contributed by atoms with Crippen LogP contribution in [0.3, 0.4) is 0 Å². The van der Waals surface area contributed by atoms with Crippen LogP contribution in [0.2, 0.25) is 0 Å². The van der Waals surface area contributed by atoms with Gasteiger partial charge < -0.3 is 14.3 Å². The third-order valence-corrected chi connectivity index (χ3v) is 3.86. The van der Waals surface area contributed by atoms with Crippen LogP contribution in [0.25, 0.3) is 11.0 Å². The van der Waals surface area contributed by atoms with Crippen molar-refractivity contribution in [3.8, 4) is 0 Å². The fourth-order valence-corrected chi connectivity index (χ4v) is 2.65. The fraction of sp³-hybridized carbons (Fsp3) is 0.222. The van der Waals surface area contributed by atoms with Gasteiger partial charge in [-0.2, -0.15) is 0 Å². The molecule has 0 fully saturated rings. The van der Waals surface area contributed by atoms with Crippen molar-refractivity contribution >= 4 is 16.9 Å². The molecule has 2 heterocycles. The summed E-state index contributed by atoms with van der Waals surface area (Å²) in [4.78, 5) is 25.0. The molecular formula is C18H18N2O3. The van der Waals surface area contributed by atoms with Crippen molar-refractivity contribution < 1.29 is 9.21 Å². The van der Waals surface area contributed by atoms with Crippen LogP contribution in [0.1, 0.15) is 28.6 Å². The van der Waals surface area contributed by atoms with E-state index in [1.165, 1.54) is 0 Å². The lowest BCUT2D eigenvalue weighted by atomic mass is 10.1. The highest BCUT2D eigenvalue weighted by Crippen LogP contribution is 2.22. The van der Waals surface area contributed by atoms with E-state index in [9.17, 15) is 9.59 Å². The van der Waals surface area contributed by atoms with E-state index < -0.39 is 0 Å². The Morgan fingerprint density at radius 3 is 2.65 bits per heavy atom. The van der Waals surface area contributed by atoms with Crippen LogP contribution in [0.4, 0.5) is 0 Å². The molecule has 1 N–H and O–H groups in total. The van der Waals surface area contributed by atoms with E-state index in [-0.39, 0.29) is 11.5 Å². The van der Waals surface area contributed by atoms with E-state index in [0.717, 1.165) is 5.56 Å². The van der Waals surface area contributed by atoms with Crippen LogP contribution in [0.15, 0.2) is 51.8 Å². The van der Waals surface area contributed by atoms with Gasteiger partial charge in [-0.05, 0) is 25.5 Å². The molecule has 0 atom stereocenters. The zero-order valence-electron chi connectivity index (χ0n) is 13.1. The standard InChI is InChI=1S/C18H18N2O3/c1-3-20-10-9-14-16(18(20)22)15(12(2)23-14)17(21)19-11-13-7-5-4-6-8-13/h4-10H,3,11H2,1-2H3,(H,19,21). The van der Waals surface area contributed by atoms with Gasteiger partial charge in [0.05, 0.1) is 10.9 Å².